The third-order valence-corrected chi connectivity index (χ3v) is 26.4. The first-order chi connectivity index (χ1) is 13.5. The summed E-state index contributed by atoms with van der Waals surface area (Å²) in [5.74, 6) is 0. The molecular formula is C25H44OSSn. The molecule has 0 amide bonds. The van der Waals surface area contributed by atoms with E-state index in [2.05, 4.69) is 65.0 Å². The van der Waals surface area contributed by atoms with Crippen LogP contribution in [0.4, 0.5) is 0 Å². The van der Waals surface area contributed by atoms with Gasteiger partial charge in [-0.3, -0.25) is 0 Å². The van der Waals surface area contributed by atoms with Crippen molar-refractivity contribution in [2.45, 2.75) is 111 Å². The Bertz CT molecular complexity index is 569. The molecule has 0 saturated carbocycles. The van der Waals surface area contributed by atoms with Gasteiger partial charge in [-0.1, -0.05) is 0 Å². The minimum atomic E-state index is -2.68. The van der Waals surface area contributed by atoms with Crippen molar-refractivity contribution in [3.05, 3.63) is 38.8 Å². The summed E-state index contributed by atoms with van der Waals surface area (Å²) in [6.45, 7) is 11.3. The van der Waals surface area contributed by atoms with Crippen molar-refractivity contribution in [3.8, 4) is 0 Å². The summed E-state index contributed by atoms with van der Waals surface area (Å²) in [5.41, 5.74) is 1.25. The fourth-order valence-electron chi connectivity index (χ4n) is 4.01. The Morgan fingerprint density at radius 3 is 1.71 bits per heavy atom. The second-order valence-electron chi connectivity index (χ2n) is 8.38. The average molecular weight is 511 g/mol. The Morgan fingerprint density at radius 1 is 0.821 bits per heavy atom. The van der Waals surface area contributed by atoms with Gasteiger partial charge in [-0.2, -0.15) is 0 Å². The molecule has 0 aromatic heterocycles. The van der Waals surface area contributed by atoms with Gasteiger partial charge >= 0.3 is 183 Å². The van der Waals surface area contributed by atoms with E-state index in [9.17, 15) is 4.21 Å². The molecule has 1 rings (SSSR count). The standard InChI is InChI=1S/C13H17OS.3C4H9.Sn/c1-3-4-5-6-11-15(14)13-9-7-12(2)8-10-13;3*1-3-4-2;/h6-10H,3-5H2,1-2H3;3*1,3-4H2,2H3;. The third-order valence-electron chi connectivity index (χ3n) is 5.87. The van der Waals surface area contributed by atoms with Crippen LogP contribution in [0.25, 0.3) is 0 Å². The summed E-state index contributed by atoms with van der Waals surface area (Å²) >= 11 is -2.68. The van der Waals surface area contributed by atoms with Crippen LogP contribution in [0.15, 0.2) is 38.2 Å². The van der Waals surface area contributed by atoms with Crippen molar-refractivity contribution in [1.29, 1.82) is 0 Å². The topological polar surface area (TPSA) is 17.1 Å². The normalized spacial score (nSPS) is 13.7. The Morgan fingerprint density at radius 2 is 1.29 bits per heavy atom. The molecule has 0 saturated heterocycles. The molecule has 0 aliphatic carbocycles. The quantitative estimate of drug-likeness (QED) is 0.170. The first kappa shape index (κ1) is 25.9. The van der Waals surface area contributed by atoms with Crippen LogP contribution in [0.3, 0.4) is 0 Å². The van der Waals surface area contributed by atoms with Crippen molar-refractivity contribution in [2.75, 3.05) is 0 Å². The van der Waals surface area contributed by atoms with E-state index >= 15 is 0 Å². The molecule has 3 heteroatoms. The van der Waals surface area contributed by atoms with E-state index in [1.54, 1.807) is 0 Å². The first-order valence-corrected chi connectivity index (χ1v) is 20.4. The van der Waals surface area contributed by atoms with Crippen LogP contribution < -0.4 is 0 Å². The van der Waals surface area contributed by atoms with Crippen LogP contribution >= 0.6 is 0 Å². The second-order valence-corrected chi connectivity index (χ2v) is 24.0. The molecule has 0 aliphatic rings. The van der Waals surface area contributed by atoms with Gasteiger partial charge in [0.25, 0.3) is 0 Å². The van der Waals surface area contributed by atoms with Gasteiger partial charge in [0.2, 0.25) is 0 Å². The fourth-order valence-corrected chi connectivity index (χ4v) is 26.5. The zero-order valence-electron chi connectivity index (χ0n) is 19.2. The number of hydrogen-bond donors (Lipinski definition) is 0. The van der Waals surface area contributed by atoms with Gasteiger partial charge in [0.15, 0.2) is 0 Å². The fraction of sp³-hybridized carbons (Fsp3) is 0.680. The van der Waals surface area contributed by atoms with Gasteiger partial charge in [-0.05, 0) is 0 Å². The summed E-state index contributed by atoms with van der Waals surface area (Å²) in [4.78, 5) is 1.03. The van der Waals surface area contributed by atoms with E-state index in [4.69, 9.17) is 0 Å². The molecule has 1 atom stereocenters. The zero-order chi connectivity index (χ0) is 20.8. The molecule has 28 heavy (non-hydrogen) atoms. The summed E-state index contributed by atoms with van der Waals surface area (Å²) in [7, 11) is -0.958. The number of hydrogen-bond acceptors (Lipinski definition) is 1. The Hall–Kier alpha value is -0.0913. The monoisotopic (exact) mass is 512 g/mol. The van der Waals surface area contributed by atoms with E-state index in [1.807, 2.05) is 0 Å². The number of unbranched alkanes of at least 4 members (excludes halogenated alkanes) is 5. The van der Waals surface area contributed by atoms with Gasteiger partial charge in [0.05, 0.1) is 0 Å². The number of benzene rings is 1. The Kier molecular flexibility index (Phi) is 13.7. The predicted molar refractivity (Wildman–Crippen MR) is 130 cm³/mol. The van der Waals surface area contributed by atoms with Gasteiger partial charge in [0.1, 0.15) is 0 Å². The zero-order valence-corrected chi connectivity index (χ0v) is 22.9. The van der Waals surface area contributed by atoms with Crippen molar-refractivity contribution >= 4 is 29.2 Å². The van der Waals surface area contributed by atoms with E-state index in [-0.39, 0.29) is 0 Å². The summed E-state index contributed by atoms with van der Waals surface area (Å²) in [5, 5.41) is 0. The van der Waals surface area contributed by atoms with E-state index in [0.717, 1.165) is 11.3 Å². The van der Waals surface area contributed by atoms with E-state index < -0.39 is 29.2 Å². The molecule has 0 spiro atoms. The molecule has 0 aliphatic heterocycles. The maximum atomic E-state index is 13.9. The minimum absolute atomic E-state index is 0.958. The van der Waals surface area contributed by atoms with Gasteiger partial charge in [-0.15, -0.1) is 0 Å². The molecule has 160 valence electrons. The molecule has 1 nitrogen and oxygen atoms in total. The van der Waals surface area contributed by atoms with Crippen LogP contribution in [0.5, 0.6) is 0 Å². The van der Waals surface area contributed by atoms with Crippen molar-refractivity contribution in [1.82, 2.24) is 0 Å². The number of allylic oxidation sites excluding steroid dienone is 1. The van der Waals surface area contributed by atoms with Gasteiger partial charge < -0.3 is 0 Å². The maximum absolute atomic E-state index is 13.9. The van der Waals surface area contributed by atoms with Crippen molar-refractivity contribution < 1.29 is 4.21 Å². The van der Waals surface area contributed by atoms with E-state index in [1.165, 1.54) is 73.2 Å². The summed E-state index contributed by atoms with van der Waals surface area (Å²) < 4.78 is 19.5. The first-order valence-electron chi connectivity index (χ1n) is 11.7. The van der Waals surface area contributed by atoms with Crippen molar-refractivity contribution in [2.24, 2.45) is 0 Å². The summed E-state index contributed by atoms with van der Waals surface area (Å²) in [6.07, 6.45) is 13.7. The third kappa shape index (κ3) is 8.34. The Labute approximate surface area is 182 Å². The van der Waals surface area contributed by atoms with Crippen LogP contribution in [-0.2, 0) is 10.8 Å². The number of rotatable bonds is 15. The summed E-state index contributed by atoms with van der Waals surface area (Å²) in [6, 6.07) is 8.46. The molecule has 1 aromatic carbocycles. The van der Waals surface area contributed by atoms with Gasteiger partial charge in [0, 0.05) is 0 Å². The van der Waals surface area contributed by atoms with Crippen LogP contribution in [0.1, 0.15) is 91.0 Å². The molecule has 0 heterocycles. The molecule has 0 fully saturated rings. The second kappa shape index (κ2) is 14.8. The average Bonchev–Trinajstić information content (AvgIpc) is 2.71. The molecule has 1 unspecified atom stereocenters. The van der Waals surface area contributed by atoms with Crippen LogP contribution in [0.2, 0.25) is 13.3 Å². The molecular weight excluding hydrogens is 467 g/mol. The van der Waals surface area contributed by atoms with Gasteiger partial charge in [-0.25, -0.2) is 0 Å². The molecule has 0 bridgehead atoms. The molecule has 0 radical (unpaired) electrons. The molecule has 0 N–H and O–H groups in total. The van der Waals surface area contributed by atoms with E-state index in [0.29, 0.717) is 0 Å². The SMILES string of the molecule is CCCC/C=[C](/S(=O)c1ccc(C)cc1)[Sn]([CH2]CCC)([CH2]CCC)[CH2]CCC. The van der Waals surface area contributed by atoms with Crippen LogP contribution in [-0.4, -0.2) is 22.6 Å². The predicted octanol–water partition coefficient (Wildman–Crippen LogP) is 8.57. The number of aryl methyl sites for hydroxylation is 1. The molecule has 1 aromatic rings. The Balaban J connectivity index is 3.38. The van der Waals surface area contributed by atoms with Crippen molar-refractivity contribution in [3.63, 3.8) is 0 Å². The van der Waals surface area contributed by atoms with Crippen LogP contribution in [0, 0.1) is 6.92 Å².